The molecule has 21 heavy (non-hydrogen) atoms. The lowest BCUT2D eigenvalue weighted by molar-refractivity contribution is 0.192. The topological polar surface area (TPSA) is 77.0 Å². The van der Waals surface area contributed by atoms with Gasteiger partial charge < -0.3 is 10.8 Å². The second-order valence-electron chi connectivity index (χ2n) is 5.54. The van der Waals surface area contributed by atoms with E-state index in [1.54, 1.807) is 16.8 Å². The van der Waals surface area contributed by atoms with Crippen molar-refractivity contribution in [1.29, 1.82) is 0 Å². The average Bonchev–Trinajstić information content (AvgIpc) is 2.93. The molecule has 0 fully saturated rings. The fraction of sp³-hybridized carbons (Fsp3) is 0.467. The highest BCUT2D eigenvalue weighted by atomic mass is 19.1. The Morgan fingerprint density at radius 1 is 1.43 bits per heavy atom. The molecule has 1 unspecified atom stereocenters. The molecular formula is C15H21FN4O. The predicted octanol–water partition coefficient (Wildman–Crippen LogP) is 1.43. The van der Waals surface area contributed by atoms with E-state index in [0.717, 1.165) is 5.82 Å². The SMILES string of the molecule is CC(C)n1ncnc1CC(CN)(CO)c1cccc(F)c1. The van der Waals surface area contributed by atoms with Gasteiger partial charge in [-0.25, -0.2) is 14.1 Å². The Hall–Kier alpha value is -1.79. The van der Waals surface area contributed by atoms with Crippen molar-refractivity contribution < 1.29 is 9.50 Å². The van der Waals surface area contributed by atoms with Crippen molar-refractivity contribution in [3.05, 3.63) is 47.8 Å². The summed E-state index contributed by atoms with van der Waals surface area (Å²) >= 11 is 0. The lowest BCUT2D eigenvalue weighted by atomic mass is 9.78. The van der Waals surface area contributed by atoms with Gasteiger partial charge in [0.2, 0.25) is 0 Å². The first-order valence-corrected chi connectivity index (χ1v) is 6.98. The van der Waals surface area contributed by atoms with Crippen LogP contribution in [0.5, 0.6) is 0 Å². The van der Waals surface area contributed by atoms with Gasteiger partial charge in [0.1, 0.15) is 18.0 Å². The molecule has 1 atom stereocenters. The quantitative estimate of drug-likeness (QED) is 0.844. The number of hydrogen-bond acceptors (Lipinski definition) is 4. The van der Waals surface area contributed by atoms with Crippen LogP contribution >= 0.6 is 0 Å². The molecule has 0 amide bonds. The van der Waals surface area contributed by atoms with Gasteiger partial charge in [0, 0.05) is 24.4 Å². The van der Waals surface area contributed by atoms with E-state index in [2.05, 4.69) is 10.1 Å². The Kier molecular flexibility index (Phi) is 4.69. The summed E-state index contributed by atoms with van der Waals surface area (Å²) in [6, 6.07) is 6.35. The molecule has 0 saturated carbocycles. The molecule has 0 saturated heterocycles. The third-order valence-corrected chi connectivity index (χ3v) is 3.76. The number of rotatable bonds is 6. The van der Waals surface area contributed by atoms with E-state index in [1.165, 1.54) is 18.5 Å². The van der Waals surface area contributed by atoms with Gasteiger partial charge in [-0.05, 0) is 31.5 Å². The Balaban J connectivity index is 2.41. The number of aliphatic hydroxyl groups is 1. The summed E-state index contributed by atoms with van der Waals surface area (Å²) in [4.78, 5) is 4.26. The molecule has 0 aliphatic rings. The van der Waals surface area contributed by atoms with Crippen molar-refractivity contribution in [2.75, 3.05) is 13.2 Å². The van der Waals surface area contributed by atoms with Crippen molar-refractivity contribution in [3.63, 3.8) is 0 Å². The molecule has 0 spiro atoms. The highest BCUT2D eigenvalue weighted by Gasteiger charge is 2.33. The van der Waals surface area contributed by atoms with E-state index < -0.39 is 5.41 Å². The minimum Gasteiger partial charge on any atom is -0.395 e. The van der Waals surface area contributed by atoms with E-state index in [0.29, 0.717) is 12.0 Å². The summed E-state index contributed by atoms with van der Waals surface area (Å²) in [7, 11) is 0. The lowest BCUT2D eigenvalue weighted by Crippen LogP contribution is -2.42. The zero-order chi connectivity index (χ0) is 15.5. The third kappa shape index (κ3) is 3.11. The van der Waals surface area contributed by atoms with Crippen LogP contribution < -0.4 is 5.73 Å². The summed E-state index contributed by atoms with van der Waals surface area (Å²) < 4.78 is 15.3. The van der Waals surface area contributed by atoms with E-state index in [9.17, 15) is 9.50 Å². The molecule has 0 aliphatic carbocycles. The maximum atomic E-state index is 13.5. The molecule has 0 radical (unpaired) electrons. The molecule has 114 valence electrons. The summed E-state index contributed by atoms with van der Waals surface area (Å²) in [6.45, 7) is 4.02. The van der Waals surface area contributed by atoms with E-state index in [1.807, 2.05) is 13.8 Å². The maximum Gasteiger partial charge on any atom is 0.138 e. The van der Waals surface area contributed by atoms with Crippen LogP contribution in [0.1, 0.15) is 31.3 Å². The summed E-state index contributed by atoms with van der Waals surface area (Å²) in [5.74, 6) is 0.387. The molecule has 2 rings (SSSR count). The monoisotopic (exact) mass is 292 g/mol. The largest absolute Gasteiger partial charge is 0.395 e. The number of aliphatic hydroxyl groups excluding tert-OH is 1. The van der Waals surface area contributed by atoms with Crippen LogP contribution in [0.3, 0.4) is 0 Å². The highest BCUT2D eigenvalue weighted by Crippen LogP contribution is 2.28. The molecule has 3 N–H and O–H groups in total. The van der Waals surface area contributed by atoms with Crippen LogP contribution in [0.25, 0.3) is 0 Å². The van der Waals surface area contributed by atoms with Gasteiger partial charge in [-0.3, -0.25) is 0 Å². The molecule has 5 nitrogen and oxygen atoms in total. The molecule has 1 aromatic heterocycles. The van der Waals surface area contributed by atoms with Crippen molar-refractivity contribution in [2.45, 2.75) is 31.7 Å². The smallest absolute Gasteiger partial charge is 0.138 e. The van der Waals surface area contributed by atoms with Crippen molar-refractivity contribution in [3.8, 4) is 0 Å². The van der Waals surface area contributed by atoms with Crippen molar-refractivity contribution in [2.24, 2.45) is 5.73 Å². The first-order valence-electron chi connectivity index (χ1n) is 6.98. The standard InChI is InChI=1S/C15H21FN4O/c1-11(2)20-14(18-10-19-20)7-15(8-17,9-21)12-4-3-5-13(16)6-12/h3-6,10-11,21H,7-9,17H2,1-2H3. The minimum atomic E-state index is -0.762. The van der Waals surface area contributed by atoms with Crippen LogP contribution in [0.2, 0.25) is 0 Å². The van der Waals surface area contributed by atoms with Gasteiger partial charge in [0.15, 0.2) is 0 Å². The van der Waals surface area contributed by atoms with E-state index >= 15 is 0 Å². The maximum absolute atomic E-state index is 13.5. The van der Waals surface area contributed by atoms with Gasteiger partial charge >= 0.3 is 0 Å². The molecule has 2 aromatic rings. The Morgan fingerprint density at radius 2 is 2.19 bits per heavy atom. The minimum absolute atomic E-state index is 0.157. The normalized spacial score (nSPS) is 14.4. The Bertz CT molecular complexity index is 593. The highest BCUT2D eigenvalue weighted by molar-refractivity contribution is 5.28. The molecule has 6 heteroatoms. The van der Waals surface area contributed by atoms with Crippen molar-refractivity contribution in [1.82, 2.24) is 14.8 Å². The van der Waals surface area contributed by atoms with Gasteiger partial charge in [0.05, 0.1) is 6.61 Å². The third-order valence-electron chi connectivity index (χ3n) is 3.76. The van der Waals surface area contributed by atoms with Crippen LogP contribution in [0.4, 0.5) is 4.39 Å². The number of nitrogens with two attached hydrogens (primary N) is 1. The molecule has 0 aliphatic heterocycles. The van der Waals surface area contributed by atoms with Crippen LogP contribution in [-0.4, -0.2) is 33.0 Å². The lowest BCUT2D eigenvalue weighted by Gasteiger charge is -2.31. The van der Waals surface area contributed by atoms with Gasteiger partial charge in [0.25, 0.3) is 0 Å². The van der Waals surface area contributed by atoms with Gasteiger partial charge in [-0.1, -0.05) is 12.1 Å². The average molecular weight is 292 g/mol. The summed E-state index contributed by atoms with van der Waals surface area (Å²) in [5.41, 5.74) is 5.81. The number of benzene rings is 1. The first-order chi connectivity index (χ1) is 10.0. The predicted molar refractivity (Wildman–Crippen MR) is 78.3 cm³/mol. The molecule has 1 aromatic carbocycles. The van der Waals surface area contributed by atoms with E-state index in [4.69, 9.17) is 5.73 Å². The Labute approximate surface area is 123 Å². The molecular weight excluding hydrogens is 271 g/mol. The number of hydrogen-bond donors (Lipinski definition) is 2. The fourth-order valence-corrected chi connectivity index (χ4v) is 2.46. The first kappa shape index (κ1) is 15.6. The zero-order valence-corrected chi connectivity index (χ0v) is 12.3. The van der Waals surface area contributed by atoms with Gasteiger partial charge in [-0.2, -0.15) is 5.10 Å². The fourth-order valence-electron chi connectivity index (χ4n) is 2.46. The summed E-state index contributed by atoms with van der Waals surface area (Å²) in [5, 5.41) is 14.1. The van der Waals surface area contributed by atoms with Crippen LogP contribution in [0.15, 0.2) is 30.6 Å². The van der Waals surface area contributed by atoms with Crippen molar-refractivity contribution >= 4 is 0 Å². The number of halogens is 1. The van der Waals surface area contributed by atoms with Crippen LogP contribution in [-0.2, 0) is 11.8 Å². The summed E-state index contributed by atoms with van der Waals surface area (Å²) in [6.07, 6.45) is 1.89. The van der Waals surface area contributed by atoms with Crippen LogP contribution in [0, 0.1) is 5.82 Å². The number of nitrogens with zero attached hydrogens (tertiary/aromatic N) is 3. The second-order valence-corrected chi connectivity index (χ2v) is 5.54. The molecule has 0 bridgehead atoms. The number of aromatic nitrogens is 3. The van der Waals surface area contributed by atoms with Gasteiger partial charge in [-0.15, -0.1) is 0 Å². The molecule has 1 heterocycles. The zero-order valence-electron chi connectivity index (χ0n) is 12.3. The Morgan fingerprint density at radius 3 is 2.76 bits per heavy atom. The second kappa shape index (κ2) is 6.32. The van der Waals surface area contributed by atoms with E-state index in [-0.39, 0.29) is 25.0 Å².